The smallest absolute Gasteiger partial charge is 0.410 e. The summed E-state index contributed by atoms with van der Waals surface area (Å²) >= 11 is 6.58. The van der Waals surface area contributed by atoms with Crippen LogP contribution in [0.25, 0.3) is 0 Å². The van der Waals surface area contributed by atoms with Crippen LogP contribution >= 0.6 is 11.6 Å². The number of amides is 1. The molecule has 0 spiro atoms. The van der Waals surface area contributed by atoms with Gasteiger partial charge in [-0.1, -0.05) is 23.7 Å². The minimum atomic E-state index is -0.458. The second-order valence-electron chi connectivity index (χ2n) is 10.1. The number of carbonyl (C=O) groups excluding carboxylic acids is 1. The van der Waals surface area contributed by atoms with Gasteiger partial charge in [0.25, 0.3) is 0 Å². The predicted molar refractivity (Wildman–Crippen MR) is 118 cm³/mol. The van der Waals surface area contributed by atoms with Crippen molar-refractivity contribution in [3.8, 4) is 0 Å². The van der Waals surface area contributed by atoms with Crippen molar-refractivity contribution in [1.82, 2.24) is 9.80 Å². The molecule has 0 aromatic heterocycles. The van der Waals surface area contributed by atoms with Gasteiger partial charge in [-0.05, 0) is 50.7 Å². The zero-order valence-corrected chi connectivity index (χ0v) is 19.0. The van der Waals surface area contributed by atoms with Gasteiger partial charge < -0.3 is 14.5 Å². The largest absolute Gasteiger partial charge is 0.444 e. The molecule has 5 nitrogen and oxygen atoms in total. The number of hydrogen-bond acceptors (Lipinski definition) is 4. The Morgan fingerprint density at radius 1 is 1.17 bits per heavy atom. The second-order valence-corrected chi connectivity index (χ2v) is 10.5. The van der Waals surface area contributed by atoms with E-state index in [1.807, 2.05) is 37.8 Å². The van der Waals surface area contributed by atoms with Crippen molar-refractivity contribution in [3.63, 3.8) is 0 Å². The monoisotopic (exact) mass is 437 g/mol. The zero-order chi connectivity index (χ0) is 21.5. The molecular weight excluding hydrogens is 405 g/mol. The van der Waals surface area contributed by atoms with Gasteiger partial charge in [0.15, 0.2) is 0 Å². The summed E-state index contributed by atoms with van der Waals surface area (Å²) in [4.78, 5) is 19.0. The Hall–Kier alpha value is -1.53. The van der Waals surface area contributed by atoms with Crippen molar-refractivity contribution >= 4 is 23.4 Å². The summed E-state index contributed by atoms with van der Waals surface area (Å²) in [5.41, 5.74) is 1.83. The fraction of sp³-hybridized carbons (Fsp3) is 0.696. The summed E-state index contributed by atoms with van der Waals surface area (Å²) in [7, 11) is 0. The maximum Gasteiger partial charge on any atom is 0.410 e. The van der Waals surface area contributed by atoms with E-state index in [2.05, 4.69) is 15.9 Å². The van der Waals surface area contributed by atoms with Gasteiger partial charge in [0.05, 0.1) is 17.4 Å². The third kappa shape index (κ3) is 4.70. The Labute approximate surface area is 184 Å². The van der Waals surface area contributed by atoms with Crippen molar-refractivity contribution in [2.45, 2.75) is 39.3 Å². The highest BCUT2D eigenvalue weighted by Gasteiger charge is 2.42. The van der Waals surface area contributed by atoms with Crippen molar-refractivity contribution in [3.05, 3.63) is 28.8 Å². The molecule has 0 bridgehead atoms. The lowest BCUT2D eigenvalue weighted by atomic mass is 10.0. The molecule has 0 radical (unpaired) electrons. The van der Waals surface area contributed by atoms with Crippen molar-refractivity contribution < 1.29 is 13.9 Å². The molecule has 0 N–H and O–H groups in total. The summed E-state index contributed by atoms with van der Waals surface area (Å²) in [5, 5.41) is 0.752. The lowest BCUT2D eigenvalue weighted by molar-refractivity contribution is 0.0274. The first-order chi connectivity index (χ1) is 14.2. The van der Waals surface area contributed by atoms with Crippen LogP contribution < -0.4 is 4.90 Å². The van der Waals surface area contributed by atoms with Gasteiger partial charge >= 0.3 is 6.09 Å². The number of carbonyl (C=O) groups is 1. The molecule has 4 rings (SSSR count). The molecule has 3 aliphatic rings. The van der Waals surface area contributed by atoms with E-state index < -0.39 is 5.60 Å². The van der Waals surface area contributed by atoms with Crippen LogP contribution in [-0.4, -0.2) is 67.4 Å². The number of fused-ring (bicyclic) bond motifs is 1. The molecular formula is C23H33ClFN3O2. The maximum absolute atomic E-state index is 13.1. The molecule has 3 aliphatic heterocycles. The van der Waals surface area contributed by atoms with E-state index in [-0.39, 0.29) is 18.7 Å². The van der Waals surface area contributed by atoms with E-state index >= 15 is 0 Å². The van der Waals surface area contributed by atoms with Gasteiger partial charge in [0.1, 0.15) is 5.60 Å². The standard InChI is InChI=1S/C23H33ClFN3O2/c1-23(2,3)30-22(29)28-14-18-12-26(13-19(18)15-28)11-17-5-4-6-20(24)21(17)27-8-7-16(9-25)10-27/h4-6,16,18-19H,7-15H2,1-3H3. The number of benzene rings is 1. The van der Waals surface area contributed by atoms with E-state index in [0.717, 1.165) is 62.9 Å². The summed E-state index contributed by atoms with van der Waals surface area (Å²) in [6.45, 7) is 11.4. The second kappa shape index (κ2) is 8.54. The van der Waals surface area contributed by atoms with Gasteiger partial charge in [-0.15, -0.1) is 0 Å². The number of hydrogen-bond donors (Lipinski definition) is 0. The highest BCUT2D eigenvalue weighted by atomic mass is 35.5. The van der Waals surface area contributed by atoms with Crippen LogP contribution in [0, 0.1) is 17.8 Å². The maximum atomic E-state index is 13.1. The summed E-state index contributed by atoms with van der Waals surface area (Å²) < 4.78 is 18.7. The Morgan fingerprint density at radius 2 is 1.87 bits per heavy atom. The number of anilines is 1. The lowest BCUT2D eigenvalue weighted by Gasteiger charge is -2.27. The summed E-state index contributed by atoms with van der Waals surface area (Å²) in [6.07, 6.45) is 0.687. The van der Waals surface area contributed by atoms with Crippen molar-refractivity contribution in [2.75, 3.05) is 50.8 Å². The zero-order valence-electron chi connectivity index (χ0n) is 18.2. The average Bonchev–Trinajstić information content (AvgIpc) is 3.35. The molecule has 3 heterocycles. The SMILES string of the molecule is CC(C)(C)OC(=O)N1CC2CN(Cc3cccc(Cl)c3N3CCC(CF)C3)CC2C1. The summed E-state index contributed by atoms with van der Waals surface area (Å²) in [5.74, 6) is 1.09. The van der Waals surface area contributed by atoms with E-state index in [1.54, 1.807) is 0 Å². The molecule has 30 heavy (non-hydrogen) atoms. The molecule has 3 atom stereocenters. The molecule has 7 heteroatoms. The average molecular weight is 438 g/mol. The van der Waals surface area contributed by atoms with Gasteiger partial charge in [-0.2, -0.15) is 0 Å². The van der Waals surface area contributed by atoms with E-state index in [0.29, 0.717) is 11.8 Å². The highest BCUT2D eigenvalue weighted by molar-refractivity contribution is 6.33. The Bertz CT molecular complexity index is 770. The molecule has 3 saturated heterocycles. The van der Waals surface area contributed by atoms with Crippen LogP contribution in [0.4, 0.5) is 14.9 Å². The number of para-hydroxylation sites is 1. The first-order valence-electron chi connectivity index (χ1n) is 11.0. The number of alkyl halides is 1. The van der Waals surface area contributed by atoms with Crippen LogP contribution in [0.1, 0.15) is 32.8 Å². The molecule has 166 valence electrons. The van der Waals surface area contributed by atoms with Crippen molar-refractivity contribution in [2.24, 2.45) is 17.8 Å². The first-order valence-corrected chi connectivity index (χ1v) is 11.4. The number of ether oxygens (including phenoxy) is 1. The van der Waals surface area contributed by atoms with Crippen LogP contribution in [0.2, 0.25) is 5.02 Å². The van der Waals surface area contributed by atoms with Gasteiger partial charge in [0, 0.05) is 51.7 Å². The third-order valence-electron chi connectivity index (χ3n) is 6.50. The minimum Gasteiger partial charge on any atom is -0.444 e. The predicted octanol–water partition coefficient (Wildman–Crippen LogP) is 4.43. The highest BCUT2D eigenvalue weighted by Crippen LogP contribution is 2.37. The Morgan fingerprint density at radius 3 is 2.47 bits per heavy atom. The van der Waals surface area contributed by atoms with E-state index in [4.69, 9.17) is 16.3 Å². The molecule has 1 aromatic carbocycles. The molecule has 3 fully saturated rings. The Kier molecular flexibility index (Phi) is 6.18. The number of nitrogens with zero attached hydrogens (tertiary/aromatic N) is 3. The number of rotatable bonds is 4. The first kappa shape index (κ1) is 21.7. The van der Waals surface area contributed by atoms with E-state index in [1.165, 1.54) is 5.56 Å². The minimum absolute atomic E-state index is 0.110. The van der Waals surface area contributed by atoms with Crippen LogP contribution in [0.15, 0.2) is 18.2 Å². The van der Waals surface area contributed by atoms with E-state index in [9.17, 15) is 9.18 Å². The molecule has 0 aliphatic carbocycles. The van der Waals surface area contributed by atoms with Crippen molar-refractivity contribution in [1.29, 1.82) is 0 Å². The number of likely N-dealkylation sites (tertiary alicyclic amines) is 2. The molecule has 3 unspecified atom stereocenters. The summed E-state index contributed by atoms with van der Waals surface area (Å²) in [6, 6.07) is 6.08. The van der Waals surface area contributed by atoms with Gasteiger partial charge in [0.2, 0.25) is 0 Å². The lowest BCUT2D eigenvalue weighted by Crippen LogP contribution is -2.37. The third-order valence-corrected chi connectivity index (χ3v) is 6.80. The molecule has 1 amide bonds. The normalized spacial score (nSPS) is 27.0. The van der Waals surface area contributed by atoms with Gasteiger partial charge in [-0.25, -0.2) is 4.79 Å². The van der Waals surface area contributed by atoms with Crippen LogP contribution in [0.5, 0.6) is 0 Å². The van der Waals surface area contributed by atoms with Crippen LogP contribution in [0.3, 0.4) is 0 Å². The fourth-order valence-electron chi connectivity index (χ4n) is 5.14. The quantitative estimate of drug-likeness (QED) is 0.697. The van der Waals surface area contributed by atoms with Gasteiger partial charge in [-0.3, -0.25) is 9.29 Å². The Balaban J connectivity index is 1.38. The van der Waals surface area contributed by atoms with Crippen LogP contribution in [-0.2, 0) is 11.3 Å². The topological polar surface area (TPSA) is 36.0 Å². The molecule has 1 aromatic rings. The fourth-order valence-corrected chi connectivity index (χ4v) is 5.45. The number of halogens is 2. The molecule has 0 saturated carbocycles.